The van der Waals surface area contributed by atoms with Crippen molar-refractivity contribution in [2.75, 3.05) is 26.2 Å². The third-order valence-corrected chi connectivity index (χ3v) is 6.74. The number of amides is 2. The van der Waals surface area contributed by atoms with Gasteiger partial charge >= 0.3 is 6.03 Å². The molecule has 0 aromatic carbocycles. The van der Waals surface area contributed by atoms with E-state index < -0.39 is 0 Å². The van der Waals surface area contributed by atoms with E-state index in [4.69, 9.17) is 0 Å². The van der Waals surface area contributed by atoms with E-state index in [0.29, 0.717) is 0 Å². The molecule has 0 unspecified atom stereocenters. The summed E-state index contributed by atoms with van der Waals surface area (Å²) >= 11 is 0. The van der Waals surface area contributed by atoms with Crippen molar-refractivity contribution in [3.05, 3.63) is 0 Å². The van der Waals surface area contributed by atoms with Crippen molar-refractivity contribution in [1.29, 1.82) is 0 Å². The van der Waals surface area contributed by atoms with Gasteiger partial charge in [-0.1, -0.05) is 0 Å². The molecule has 1 aliphatic heterocycles. The molecular formula is C18H32N3O+. The Morgan fingerprint density at radius 1 is 0.955 bits per heavy atom. The topological polar surface area (TPSA) is 45.6 Å². The van der Waals surface area contributed by atoms with E-state index in [1.807, 2.05) is 0 Å². The smallest absolute Gasteiger partial charge is 0.315 e. The second-order valence-corrected chi connectivity index (χ2v) is 8.64. The standard InChI is InChI=1S/C18H31N3O/c22-17(19-4-7-21-5-2-1-3-6-21)20-18-11-14-8-15(12-18)10-16(9-14)13-18/h14-16H,1-13H2,(H2,19,20,22)/p+1. The average molecular weight is 306 g/mol. The third kappa shape index (κ3) is 3.12. The van der Waals surface area contributed by atoms with Gasteiger partial charge < -0.3 is 15.5 Å². The van der Waals surface area contributed by atoms with Gasteiger partial charge in [-0.2, -0.15) is 0 Å². The molecule has 22 heavy (non-hydrogen) atoms. The lowest BCUT2D eigenvalue weighted by Crippen LogP contribution is -3.13. The first-order chi connectivity index (χ1) is 10.7. The highest BCUT2D eigenvalue weighted by Gasteiger charge is 2.51. The summed E-state index contributed by atoms with van der Waals surface area (Å²) in [7, 11) is 0. The molecule has 124 valence electrons. The average Bonchev–Trinajstić information content (AvgIpc) is 2.46. The second kappa shape index (κ2) is 6.03. The molecule has 0 radical (unpaired) electrons. The van der Waals surface area contributed by atoms with Crippen molar-refractivity contribution in [3.8, 4) is 0 Å². The first-order valence-electron chi connectivity index (χ1n) is 9.60. The molecule has 2 amide bonds. The summed E-state index contributed by atoms with van der Waals surface area (Å²) in [6.07, 6.45) is 12.1. The van der Waals surface area contributed by atoms with Crippen LogP contribution < -0.4 is 15.5 Å². The van der Waals surface area contributed by atoms with Crippen molar-refractivity contribution in [2.24, 2.45) is 17.8 Å². The van der Waals surface area contributed by atoms with Crippen LogP contribution in [0.3, 0.4) is 0 Å². The molecule has 1 saturated heterocycles. The molecule has 3 N–H and O–H groups in total. The van der Waals surface area contributed by atoms with Gasteiger partial charge in [0.2, 0.25) is 0 Å². The van der Waals surface area contributed by atoms with Crippen LogP contribution in [0.1, 0.15) is 57.8 Å². The Hall–Kier alpha value is -0.770. The summed E-state index contributed by atoms with van der Waals surface area (Å²) in [5, 5.41) is 6.54. The number of urea groups is 1. The minimum atomic E-state index is 0.0957. The van der Waals surface area contributed by atoms with Gasteiger partial charge in [-0.05, 0) is 75.5 Å². The summed E-state index contributed by atoms with van der Waals surface area (Å²) in [6, 6.07) is 0.0957. The number of carbonyl (C=O) groups is 1. The number of rotatable bonds is 4. The van der Waals surface area contributed by atoms with Crippen LogP contribution in [-0.4, -0.2) is 37.7 Å². The van der Waals surface area contributed by atoms with Crippen molar-refractivity contribution in [1.82, 2.24) is 10.6 Å². The van der Waals surface area contributed by atoms with Gasteiger partial charge in [-0.25, -0.2) is 4.79 Å². The van der Waals surface area contributed by atoms with Crippen molar-refractivity contribution < 1.29 is 9.69 Å². The highest BCUT2D eigenvalue weighted by molar-refractivity contribution is 5.74. The molecule has 4 aliphatic carbocycles. The zero-order valence-corrected chi connectivity index (χ0v) is 13.8. The summed E-state index contributed by atoms with van der Waals surface area (Å²) in [4.78, 5) is 14.0. The van der Waals surface area contributed by atoms with Gasteiger partial charge in [-0.15, -0.1) is 0 Å². The van der Waals surface area contributed by atoms with Gasteiger partial charge in [0.25, 0.3) is 0 Å². The molecule has 5 rings (SSSR count). The normalized spacial score (nSPS) is 40.6. The largest absolute Gasteiger partial charge is 0.333 e. The Kier molecular flexibility index (Phi) is 4.05. The lowest BCUT2D eigenvalue weighted by atomic mass is 9.53. The molecule has 0 atom stereocenters. The van der Waals surface area contributed by atoms with Crippen LogP contribution >= 0.6 is 0 Å². The van der Waals surface area contributed by atoms with Crippen LogP contribution in [0.25, 0.3) is 0 Å². The Morgan fingerprint density at radius 2 is 1.55 bits per heavy atom. The number of piperidine rings is 1. The fraction of sp³-hybridized carbons (Fsp3) is 0.944. The van der Waals surface area contributed by atoms with Crippen LogP contribution in [-0.2, 0) is 0 Å². The monoisotopic (exact) mass is 306 g/mol. The number of quaternary nitrogens is 1. The highest BCUT2D eigenvalue weighted by Crippen LogP contribution is 2.55. The van der Waals surface area contributed by atoms with Gasteiger partial charge in [-0.3, -0.25) is 0 Å². The number of hydrogen-bond acceptors (Lipinski definition) is 1. The predicted octanol–water partition coefficient (Wildman–Crippen LogP) is 1.32. The first kappa shape index (κ1) is 14.8. The number of carbonyl (C=O) groups excluding carboxylic acids is 1. The van der Waals surface area contributed by atoms with E-state index in [1.54, 1.807) is 4.90 Å². The molecule has 0 spiro atoms. The van der Waals surface area contributed by atoms with E-state index in [1.165, 1.54) is 70.9 Å². The molecule has 1 heterocycles. The fourth-order valence-corrected chi connectivity index (χ4v) is 6.20. The molecule has 4 bridgehead atoms. The lowest BCUT2D eigenvalue weighted by molar-refractivity contribution is -0.903. The SMILES string of the molecule is O=C(NCC[NH+]1CCCCC1)NC12CC3CC(CC(C3)C1)C2. The maximum atomic E-state index is 12.3. The second-order valence-electron chi connectivity index (χ2n) is 8.64. The highest BCUT2D eigenvalue weighted by atomic mass is 16.2. The van der Waals surface area contributed by atoms with Crippen LogP contribution in [0.5, 0.6) is 0 Å². The zero-order chi connectivity index (χ0) is 15.0. The minimum Gasteiger partial charge on any atom is -0.333 e. The van der Waals surface area contributed by atoms with Crippen LogP contribution in [0.2, 0.25) is 0 Å². The van der Waals surface area contributed by atoms with Gasteiger partial charge in [0.1, 0.15) is 0 Å². The predicted molar refractivity (Wildman–Crippen MR) is 86.9 cm³/mol. The number of likely N-dealkylation sites (tertiary alicyclic amines) is 1. The summed E-state index contributed by atoms with van der Waals surface area (Å²) in [6.45, 7) is 4.50. The summed E-state index contributed by atoms with van der Waals surface area (Å²) < 4.78 is 0. The lowest BCUT2D eigenvalue weighted by Gasteiger charge is -2.56. The first-order valence-corrected chi connectivity index (χ1v) is 9.60. The molecule has 0 aromatic heterocycles. The molecular weight excluding hydrogens is 274 g/mol. The van der Waals surface area contributed by atoms with Crippen LogP contribution in [0, 0.1) is 17.8 Å². The van der Waals surface area contributed by atoms with E-state index in [0.717, 1.165) is 30.8 Å². The van der Waals surface area contributed by atoms with E-state index in [-0.39, 0.29) is 11.6 Å². The molecule has 4 nitrogen and oxygen atoms in total. The Morgan fingerprint density at radius 3 is 2.14 bits per heavy atom. The maximum Gasteiger partial charge on any atom is 0.315 e. The van der Waals surface area contributed by atoms with E-state index in [9.17, 15) is 4.79 Å². The molecule has 5 aliphatic rings. The maximum absolute atomic E-state index is 12.3. The van der Waals surface area contributed by atoms with Gasteiger partial charge in [0, 0.05) is 5.54 Å². The zero-order valence-electron chi connectivity index (χ0n) is 13.8. The molecule has 4 saturated carbocycles. The summed E-state index contributed by atoms with van der Waals surface area (Å²) in [5.41, 5.74) is 0.150. The minimum absolute atomic E-state index is 0.0957. The van der Waals surface area contributed by atoms with Crippen LogP contribution in [0.15, 0.2) is 0 Å². The fourth-order valence-electron chi connectivity index (χ4n) is 6.20. The van der Waals surface area contributed by atoms with Gasteiger partial charge in [0.05, 0.1) is 26.2 Å². The number of nitrogens with one attached hydrogen (secondary N) is 3. The Bertz CT molecular complexity index is 381. The Balaban J connectivity index is 1.24. The molecule has 0 aromatic rings. The Labute approximate surface area is 134 Å². The molecule has 5 fully saturated rings. The number of hydrogen-bond donors (Lipinski definition) is 3. The summed E-state index contributed by atoms with van der Waals surface area (Å²) in [5.74, 6) is 2.68. The van der Waals surface area contributed by atoms with Crippen molar-refractivity contribution in [2.45, 2.75) is 63.3 Å². The molecule has 4 heteroatoms. The van der Waals surface area contributed by atoms with E-state index >= 15 is 0 Å². The van der Waals surface area contributed by atoms with Gasteiger partial charge in [0.15, 0.2) is 0 Å². The van der Waals surface area contributed by atoms with E-state index in [2.05, 4.69) is 10.6 Å². The quantitative estimate of drug-likeness (QED) is 0.721. The van der Waals surface area contributed by atoms with Crippen LogP contribution in [0.4, 0.5) is 4.79 Å². The van der Waals surface area contributed by atoms with Crippen molar-refractivity contribution >= 4 is 6.03 Å². The van der Waals surface area contributed by atoms with Crippen molar-refractivity contribution in [3.63, 3.8) is 0 Å². The third-order valence-electron chi connectivity index (χ3n) is 6.74.